The quantitative estimate of drug-likeness (QED) is 0.308. The van der Waals surface area contributed by atoms with Gasteiger partial charge < -0.3 is 10.2 Å². The van der Waals surface area contributed by atoms with E-state index in [1.165, 1.54) is 14.1 Å². The topological polar surface area (TPSA) is 128 Å². The van der Waals surface area contributed by atoms with Gasteiger partial charge in [0.15, 0.2) is 12.5 Å². The number of aliphatic hydroxyl groups is 2. The Morgan fingerprint density at radius 3 is 1.39 bits per heavy atom. The van der Waals surface area contributed by atoms with Crippen LogP contribution in [-0.4, -0.2) is 93.3 Å². The van der Waals surface area contributed by atoms with Crippen LogP contribution in [0.25, 0.3) is 0 Å². The lowest BCUT2D eigenvalue weighted by molar-refractivity contribution is -0.0932. The molecule has 1 heterocycles. The zero-order chi connectivity index (χ0) is 14.6. The highest BCUT2D eigenvalue weighted by Gasteiger charge is 2.39. The fourth-order valence-electron chi connectivity index (χ4n) is 1.08. The van der Waals surface area contributed by atoms with Gasteiger partial charge in [0.25, 0.3) is 0 Å². The second-order valence-corrected chi connectivity index (χ2v) is 3.66. The normalized spacial score (nSPS) is 22.6. The van der Waals surface area contributed by atoms with Crippen LogP contribution in [0.4, 0.5) is 9.59 Å². The van der Waals surface area contributed by atoms with Gasteiger partial charge in [-0.15, -0.1) is 0 Å². The lowest BCUT2D eigenvalue weighted by atomic mass is 10.5. The van der Waals surface area contributed by atoms with E-state index in [9.17, 15) is 9.59 Å². The van der Waals surface area contributed by atoms with Crippen molar-refractivity contribution in [3.05, 3.63) is 0 Å². The van der Waals surface area contributed by atoms with Crippen molar-refractivity contribution in [3.8, 4) is 0 Å². The fraction of sp³-hybridized carbons (Fsp3) is 0.750. The second kappa shape index (κ2) is 6.35. The summed E-state index contributed by atoms with van der Waals surface area (Å²) < 4.78 is 0. The van der Waals surface area contributed by atoms with Gasteiger partial charge >= 0.3 is 12.1 Å². The van der Waals surface area contributed by atoms with Gasteiger partial charge in [-0.2, -0.15) is 0 Å². The molecular formula is C8H18N4O6. The molecule has 106 valence electrons. The van der Waals surface area contributed by atoms with Gasteiger partial charge in [0, 0.05) is 28.2 Å². The number of hydrogen-bond acceptors (Lipinski definition) is 6. The summed E-state index contributed by atoms with van der Waals surface area (Å²) in [7, 11) is 5.10. The van der Waals surface area contributed by atoms with E-state index in [0.29, 0.717) is 0 Å². The van der Waals surface area contributed by atoms with E-state index in [0.717, 1.165) is 23.9 Å². The van der Waals surface area contributed by atoms with Crippen LogP contribution in [0.15, 0.2) is 0 Å². The molecule has 0 aromatic rings. The Balaban J connectivity index is 0.000000331. The average molecular weight is 266 g/mol. The Hall–Kier alpha value is -1.62. The summed E-state index contributed by atoms with van der Waals surface area (Å²) >= 11 is 0. The summed E-state index contributed by atoms with van der Waals surface area (Å²) in [5, 5.41) is 35.1. The number of hydrogen-bond donors (Lipinski definition) is 4. The molecule has 0 saturated carbocycles. The maximum Gasteiger partial charge on any atom is 0.366 e. The van der Waals surface area contributed by atoms with E-state index in [2.05, 4.69) is 0 Å². The highest BCUT2D eigenvalue weighted by molar-refractivity contribution is 5.76. The van der Waals surface area contributed by atoms with Crippen LogP contribution in [0.1, 0.15) is 0 Å². The van der Waals surface area contributed by atoms with E-state index in [-0.39, 0.29) is 16.2 Å². The minimum atomic E-state index is -1.10. The molecular weight excluding hydrogens is 248 g/mol. The Morgan fingerprint density at radius 1 is 1.06 bits per heavy atom. The number of hydroxylamine groups is 4. The second-order valence-electron chi connectivity index (χ2n) is 3.66. The number of nitrogens with zero attached hydrogens (tertiary/aromatic N) is 4. The minimum absolute atomic E-state index is 0.278. The smallest absolute Gasteiger partial charge is 0.366 e. The molecule has 0 spiro atoms. The maximum atomic E-state index is 10.9. The van der Waals surface area contributed by atoms with Gasteiger partial charge in [0.05, 0.1) is 0 Å². The van der Waals surface area contributed by atoms with Crippen molar-refractivity contribution in [2.24, 2.45) is 0 Å². The first-order valence-corrected chi connectivity index (χ1v) is 4.86. The molecule has 0 bridgehead atoms. The first kappa shape index (κ1) is 16.4. The zero-order valence-corrected chi connectivity index (χ0v) is 10.5. The van der Waals surface area contributed by atoms with Crippen molar-refractivity contribution < 1.29 is 30.2 Å². The van der Waals surface area contributed by atoms with Gasteiger partial charge in [0.2, 0.25) is 0 Å². The molecule has 0 radical (unpaired) electrons. The lowest BCUT2D eigenvalue weighted by Gasteiger charge is -2.13. The number of amides is 4. The lowest BCUT2D eigenvalue weighted by Crippen LogP contribution is -2.34. The Morgan fingerprint density at radius 2 is 1.33 bits per heavy atom. The van der Waals surface area contributed by atoms with Crippen molar-refractivity contribution in [2.45, 2.75) is 12.5 Å². The largest absolute Gasteiger partial charge is 0.369 e. The number of aliphatic hydroxyl groups excluding tert-OH is 2. The molecule has 1 aliphatic heterocycles. The van der Waals surface area contributed by atoms with E-state index in [4.69, 9.17) is 20.6 Å². The van der Waals surface area contributed by atoms with E-state index in [1.54, 1.807) is 0 Å². The standard InChI is InChI=1S/C5H10N2O3.C3H8N2O3/c1-6-3(8)4(9)7(2)5(6)10;1-4(7)3(6)5(2)8/h3-4,8-9H,1-2H3;7-8H,1-2H3. The highest BCUT2D eigenvalue weighted by Crippen LogP contribution is 2.14. The van der Waals surface area contributed by atoms with Gasteiger partial charge in [-0.05, 0) is 0 Å². The van der Waals surface area contributed by atoms with Crippen LogP contribution in [-0.2, 0) is 0 Å². The molecule has 1 rings (SSSR count). The zero-order valence-electron chi connectivity index (χ0n) is 10.5. The molecule has 4 amide bonds. The molecule has 10 heteroatoms. The van der Waals surface area contributed by atoms with Crippen LogP contribution in [0, 0.1) is 0 Å². The SMILES string of the molecule is CN(O)C(=O)N(C)O.CN1C(=O)N(C)C(O)C1O. The summed E-state index contributed by atoms with van der Waals surface area (Å²) in [6.45, 7) is 0. The summed E-state index contributed by atoms with van der Waals surface area (Å²) in [6.07, 6.45) is -2.20. The van der Waals surface area contributed by atoms with Gasteiger partial charge in [-0.25, -0.2) is 19.7 Å². The molecule has 1 saturated heterocycles. The first-order chi connectivity index (χ1) is 8.11. The van der Waals surface area contributed by atoms with E-state index < -0.39 is 18.5 Å². The molecule has 0 aromatic heterocycles. The van der Waals surface area contributed by atoms with Crippen molar-refractivity contribution in [2.75, 3.05) is 28.2 Å². The molecule has 4 N–H and O–H groups in total. The minimum Gasteiger partial charge on any atom is -0.369 e. The predicted molar refractivity (Wildman–Crippen MR) is 57.4 cm³/mol. The predicted octanol–water partition coefficient (Wildman–Crippen LogP) is -1.63. The van der Waals surface area contributed by atoms with Crippen LogP contribution in [0.2, 0.25) is 0 Å². The summed E-state index contributed by atoms with van der Waals surface area (Å²) in [4.78, 5) is 23.2. The van der Waals surface area contributed by atoms with Crippen molar-refractivity contribution in [3.63, 3.8) is 0 Å². The van der Waals surface area contributed by atoms with Crippen LogP contribution in [0.3, 0.4) is 0 Å². The van der Waals surface area contributed by atoms with E-state index in [1.807, 2.05) is 0 Å². The summed E-state index contributed by atoms with van der Waals surface area (Å²) in [5.74, 6) is 0. The molecule has 2 atom stereocenters. The third-order valence-electron chi connectivity index (χ3n) is 2.22. The third kappa shape index (κ3) is 3.70. The van der Waals surface area contributed by atoms with Crippen LogP contribution >= 0.6 is 0 Å². The van der Waals surface area contributed by atoms with Crippen LogP contribution < -0.4 is 0 Å². The van der Waals surface area contributed by atoms with Crippen LogP contribution in [0.5, 0.6) is 0 Å². The third-order valence-corrected chi connectivity index (χ3v) is 2.22. The van der Waals surface area contributed by atoms with Crippen molar-refractivity contribution in [1.82, 2.24) is 19.9 Å². The average Bonchev–Trinajstić information content (AvgIpc) is 2.47. The summed E-state index contributed by atoms with van der Waals surface area (Å²) in [6, 6.07) is -1.25. The highest BCUT2D eigenvalue weighted by atomic mass is 16.6. The number of carbonyl (C=O) groups excluding carboxylic acids is 2. The molecule has 0 aromatic carbocycles. The number of rotatable bonds is 0. The number of likely N-dealkylation sites (N-methyl/N-ethyl adjacent to an activating group) is 2. The van der Waals surface area contributed by atoms with Gasteiger partial charge in [0.1, 0.15) is 0 Å². The first-order valence-electron chi connectivity index (χ1n) is 4.86. The fourth-order valence-corrected chi connectivity index (χ4v) is 1.08. The number of urea groups is 2. The molecule has 2 unspecified atom stereocenters. The number of carbonyl (C=O) groups is 2. The maximum absolute atomic E-state index is 10.9. The molecule has 1 fully saturated rings. The van der Waals surface area contributed by atoms with E-state index >= 15 is 0 Å². The molecule has 0 aliphatic carbocycles. The Labute approximate surface area is 104 Å². The van der Waals surface area contributed by atoms with Gasteiger partial charge in [-0.3, -0.25) is 20.2 Å². The van der Waals surface area contributed by atoms with Crippen molar-refractivity contribution >= 4 is 12.1 Å². The Kier molecular flexibility index (Phi) is 5.78. The molecule has 1 aliphatic rings. The van der Waals surface area contributed by atoms with Gasteiger partial charge in [-0.1, -0.05) is 0 Å². The molecule has 10 nitrogen and oxygen atoms in total. The molecule has 18 heavy (non-hydrogen) atoms. The summed E-state index contributed by atoms with van der Waals surface area (Å²) in [5.41, 5.74) is 0. The Bertz CT molecular complexity index is 284. The van der Waals surface area contributed by atoms with Crippen molar-refractivity contribution in [1.29, 1.82) is 0 Å². The monoisotopic (exact) mass is 266 g/mol.